The van der Waals surface area contributed by atoms with Crippen LogP contribution >= 0.6 is 0 Å². The molecule has 1 heterocycles. The van der Waals surface area contributed by atoms with Crippen LogP contribution in [0.2, 0.25) is 0 Å². The lowest BCUT2D eigenvalue weighted by Gasteiger charge is -2.19. The number of ether oxygens (including phenoxy) is 2. The highest BCUT2D eigenvalue weighted by atomic mass is 16.5. The average Bonchev–Trinajstić information content (AvgIpc) is 3.32. The third-order valence-electron chi connectivity index (χ3n) is 4.96. The molecule has 0 radical (unpaired) electrons. The smallest absolute Gasteiger partial charge is 0.191 e. The first-order chi connectivity index (χ1) is 15.7. The highest BCUT2D eigenvalue weighted by molar-refractivity contribution is 5.79. The summed E-state index contributed by atoms with van der Waals surface area (Å²) in [7, 11) is 5.51. The Balaban J connectivity index is 1.44. The molecular weight excluding hydrogens is 404 g/mol. The zero-order valence-corrected chi connectivity index (χ0v) is 19.0. The predicted molar refractivity (Wildman–Crippen MR) is 127 cm³/mol. The van der Waals surface area contributed by atoms with Gasteiger partial charge in [0.15, 0.2) is 5.96 Å². The van der Waals surface area contributed by atoms with Crippen molar-refractivity contribution in [1.82, 2.24) is 15.5 Å². The Hall–Kier alpha value is -3.45. The van der Waals surface area contributed by atoms with Crippen LogP contribution in [0.25, 0.3) is 0 Å². The van der Waals surface area contributed by atoms with Gasteiger partial charge in [0, 0.05) is 20.1 Å². The summed E-state index contributed by atoms with van der Waals surface area (Å²) in [6, 6.07) is 19.9. The van der Waals surface area contributed by atoms with Crippen molar-refractivity contribution in [2.24, 2.45) is 4.99 Å². The molecule has 7 nitrogen and oxygen atoms in total. The van der Waals surface area contributed by atoms with Crippen LogP contribution in [0.4, 0.5) is 0 Å². The standard InChI is InChI=1S/C25H32N4O3/c1-26-25(27-14-16-32-23-12-10-22(30-3)11-13-23)28-17-20-7-4-5-8-21(20)18-29(2)19-24-9-6-15-31-24/h4-13,15H,14,16-19H2,1-3H3,(H2,26,27,28). The summed E-state index contributed by atoms with van der Waals surface area (Å²) in [5.74, 6) is 3.32. The Bertz CT molecular complexity index is 956. The molecule has 32 heavy (non-hydrogen) atoms. The van der Waals surface area contributed by atoms with Crippen LogP contribution in [0, 0.1) is 0 Å². The molecule has 1 aromatic heterocycles. The van der Waals surface area contributed by atoms with Crippen LogP contribution < -0.4 is 20.1 Å². The monoisotopic (exact) mass is 436 g/mol. The van der Waals surface area contributed by atoms with Gasteiger partial charge in [-0.15, -0.1) is 0 Å². The second kappa shape index (κ2) is 12.4. The van der Waals surface area contributed by atoms with E-state index in [0.717, 1.165) is 36.3 Å². The summed E-state index contributed by atoms with van der Waals surface area (Å²) in [6.07, 6.45) is 1.71. The van der Waals surface area contributed by atoms with Crippen molar-refractivity contribution in [2.75, 3.05) is 34.4 Å². The van der Waals surface area contributed by atoms with Crippen molar-refractivity contribution in [3.63, 3.8) is 0 Å². The molecule has 0 aliphatic carbocycles. The van der Waals surface area contributed by atoms with Crippen LogP contribution in [0.3, 0.4) is 0 Å². The summed E-state index contributed by atoms with van der Waals surface area (Å²) < 4.78 is 16.4. The number of methoxy groups -OCH3 is 1. The first-order valence-electron chi connectivity index (χ1n) is 10.7. The fraction of sp³-hybridized carbons (Fsp3) is 0.320. The van der Waals surface area contributed by atoms with E-state index in [1.165, 1.54) is 11.1 Å². The second-order valence-electron chi connectivity index (χ2n) is 7.40. The number of nitrogens with zero attached hydrogens (tertiary/aromatic N) is 2. The zero-order chi connectivity index (χ0) is 22.6. The first-order valence-corrected chi connectivity index (χ1v) is 10.7. The number of nitrogens with one attached hydrogen (secondary N) is 2. The minimum absolute atomic E-state index is 0.529. The maximum atomic E-state index is 5.75. The zero-order valence-electron chi connectivity index (χ0n) is 19.0. The predicted octanol–water partition coefficient (Wildman–Crippen LogP) is 3.66. The van der Waals surface area contributed by atoms with Gasteiger partial charge in [-0.1, -0.05) is 24.3 Å². The lowest BCUT2D eigenvalue weighted by Crippen LogP contribution is -2.39. The quantitative estimate of drug-likeness (QED) is 0.272. The number of aliphatic imine (C=N–C) groups is 1. The Morgan fingerprint density at radius 1 is 0.938 bits per heavy atom. The van der Waals surface area contributed by atoms with Gasteiger partial charge in [0.25, 0.3) is 0 Å². The lowest BCUT2D eigenvalue weighted by atomic mass is 10.1. The maximum absolute atomic E-state index is 5.75. The largest absolute Gasteiger partial charge is 0.497 e. The first kappa shape index (κ1) is 23.2. The molecule has 2 N–H and O–H groups in total. The van der Waals surface area contributed by atoms with Crippen molar-refractivity contribution in [3.8, 4) is 11.5 Å². The van der Waals surface area contributed by atoms with Crippen LogP contribution in [0.5, 0.6) is 11.5 Å². The molecule has 170 valence electrons. The second-order valence-corrected chi connectivity index (χ2v) is 7.40. The Kier molecular flexibility index (Phi) is 9.01. The van der Waals surface area contributed by atoms with E-state index in [0.29, 0.717) is 19.7 Å². The van der Waals surface area contributed by atoms with E-state index >= 15 is 0 Å². The van der Waals surface area contributed by atoms with Gasteiger partial charge in [-0.3, -0.25) is 9.89 Å². The third kappa shape index (κ3) is 7.35. The van der Waals surface area contributed by atoms with Crippen molar-refractivity contribution in [1.29, 1.82) is 0 Å². The van der Waals surface area contributed by atoms with Crippen LogP contribution in [-0.2, 0) is 19.6 Å². The van der Waals surface area contributed by atoms with E-state index in [-0.39, 0.29) is 0 Å². The Morgan fingerprint density at radius 3 is 2.38 bits per heavy atom. The highest BCUT2D eigenvalue weighted by Crippen LogP contribution is 2.16. The number of rotatable bonds is 11. The normalized spacial score (nSPS) is 11.4. The van der Waals surface area contributed by atoms with Crippen molar-refractivity contribution >= 4 is 5.96 Å². The molecule has 3 rings (SSSR count). The topological polar surface area (TPSA) is 71.3 Å². The molecule has 0 spiro atoms. The van der Waals surface area contributed by atoms with Gasteiger partial charge in [-0.05, 0) is 54.6 Å². The highest BCUT2D eigenvalue weighted by Gasteiger charge is 2.08. The maximum Gasteiger partial charge on any atom is 0.191 e. The van der Waals surface area contributed by atoms with Crippen molar-refractivity contribution in [2.45, 2.75) is 19.6 Å². The molecular formula is C25H32N4O3. The van der Waals surface area contributed by atoms with Crippen LogP contribution in [0.1, 0.15) is 16.9 Å². The van der Waals surface area contributed by atoms with Crippen LogP contribution in [0.15, 0.2) is 76.3 Å². The summed E-state index contributed by atoms with van der Waals surface area (Å²) in [6.45, 7) is 3.46. The summed E-state index contributed by atoms with van der Waals surface area (Å²) in [4.78, 5) is 6.55. The summed E-state index contributed by atoms with van der Waals surface area (Å²) in [5.41, 5.74) is 2.50. The van der Waals surface area contributed by atoms with Gasteiger partial charge < -0.3 is 24.5 Å². The van der Waals surface area contributed by atoms with Gasteiger partial charge in [0.1, 0.15) is 23.9 Å². The van der Waals surface area contributed by atoms with Gasteiger partial charge in [0.2, 0.25) is 0 Å². The van der Waals surface area contributed by atoms with Crippen LogP contribution in [-0.4, -0.2) is 45.2 Å². The van der Waals surface area contributed by atoms with Crippen molar-refractivity contribution in [3.05, 3.63) is 83.8 Å². The molecule has 3 aromatic rings. The minimum atomic E-state index is 0.529. The molecule has 0 amide bonds. The molecule has 2 aromatic carbocycles. The number of guanidine groups is 1. The van der Waals surface area contributed by atoms with E-state index in [4.69, 9.17) is 13.9 Å². The lowest BCUT2D eigenvalue weighted by molar-refractivity contribution is 0.287. The SMILES string of the molecule is CN=C(NCCOc1ccc(OC)cc1)NCc1ccccc1CN(C)Cc1ccco1. The number of benzene rings is 2. The van der Waals surface area contributed by atoms with E-state index in [1.807, 2.05) is 36.4 Å². The molecule has 7 heteroatoms. The molecule has 0 fully saturated rings. The minimum Gasteiger partial charge on any atom is -0.497 e. The van der Waals surface area contributed by atoms with E-state index in [1.54, 1.807) is 20.4 Å². The Labute approximate surface area is 190 Å². The molecule has 0 unspecified atom stereocenters. The molecule has 0 bridgehead atoms. The fourth-order valence-electron chi connectivity index (χ4n) is 3.31. The molecule has 0 aliphatic rings. The summed E-state index contributed by atoms with van der Waals surface area (Å²) >= 11 is 0. The van der Waals surface area contributed by atoms with E-state index in [2.05, 4.69) is 51.8 Å². The van der Waals surface area contributed by atoms with E-state index in [9.17, 15) is 0 Å². The van der Waals surface area contributed by atoms with Gasteiger partial charge >= 0.3 is 0 Å². The van der Waals surface area contributed by atoms with Gasteiger partial charge in [-0.2, -0.15) is 0 Å². The summed E-state index contributed by atoms with van der Waals surface area (Å²) in [5, 5.41) is 6.68. The number of hydrogen-bond donors (Lipinski definition) is 2. The molecule has 0 saturated heterocycles. The molecule has 0 saturated carbocycles. The fourth-order valence-corrected chi connectivity index (χ4v) is 3.31. The average molecular weight is 437 g/mol. The number of hydrogen-bond acceptors (Lipinski definition) is 5. The molecule has 0 aliphatic heterocycles. The number of furan rings is 1. The van der Waals surface area contributed by atoms with E-state index < -0.39 is 0 Å². The van der Waals surface area contributed by atoms with Crippen molar-refractivity contribution < 1.29 is 13.9 Å². The Morgan fingerprint density at radius 2 is 1.69 bits per heavy atom. The third-order valence-corrected chi connectivity index (χ3v) is 4.96. The van der Waals surface area contributed by atoms with Gasteiger partial charge in [-0.25, -0.2) is 0 Å². The van der Waals surface area contributed by atoms with Gasteiger partial charge in [0.05, 0.1) is 26.5 Å². The molecule has 0 atom stereocenters.